The van der Waals surface area contributed by atoms with Gasteiger partial charge in [-0.1, -0.05) is 6.07 Å². The van der Waals surface area contributed by atoms with Crippen LogP contribution >= 0.6 is 0 Å². The van der Waals surface area contributed by atoms with Crippen LogP contribution in [-0.2, 0) is 6.54 Å². The van der Waals surface area contributed by atoms with Crippen LogP contribution in [-0.4, -0.2) is 27.1 Å². The molecule has 94 valence electrons. The number of aromatic hydroxyl groups is 1. The SMILES string of the molecule is Cc1c(O)cccc1C(=O)NCCn1ccnc1. The fourth-order valence-electron chi connectivity index (χ4n) is 1.68. The lowest BCUT2D eigenvalue weighted by atomic mass is 10.1. The van der Waals surface area contributed by atoms with Gasteiger partial charge >= 0.3 is 0 Å². The Bertz CT molecular complexity index is 535. The van der Waals surface area contributed by atoms with Crippen molar-refractivity contribution in [2.75, 3.05) is 6.54 Å². The number of phenols is 1. The molecule has 0 radical (unpaired) electrons. The molecule has 0 fully saturated rings. The highest BCUT2D eigenvalue weighted by Gasteiger charge is 2.10. The molecule has 18 heavy (non-hydrogen) atoms. The molecule has 2 rings (SSSR count). The standard InChI is InChI=1S/C13H15N3O2/c1-10-11(3-2-4-12(10)17)13(18)15-6-8-16-7-5-14-9-16/h2-5,7,9,17H,6,8H2,1H3,(H,15,18). The second-order valence-electron chi connectivity index (χ2n) is 4.01. The lowest BCUT2D eigenvalue weighted by Gasteiger charge is -2.09. The van der Waals surface area contributed by atoms with Gasteiger partial charge in [-0.05, 0) is 19.1 Å². The average molecular weight is 245 g/mol. The fraction of sp³-hybridized carbons (Fsp3) is 0.231. The number of aromatic nitrogens is 2. The van der Waals surface area contributed by atoms with E-state index in [1.165, 1.54) is 0 Å². The van der Waals surface area contributed by atoms with Gasteiger partial charge in [-0.2, -0.15) is 0 Å². The molecule has 0 bridgehead atoms. The van der Waals surface area contributed by atoms with Gasteiger partial charge in [-0.3, -0.25) is 4.79 Å². The summed E-state index contributed by atoms with van der Waals surface area (Å²) in [6, 6.07) is 4.92. The normalized spacial score (nSPS) is 10.3. The molecule has 0 saturated heterocycles. The minimum Gasteiger partial charge on any atom is -0.508 e. The molecule has 2 N–H and O–H groups in total. The zero-order valence-corrected chi connectivity index (χ0v) is 10.1. The zero-order valence-electron chi connectivity index (χ0n) is 10.1. The summed E-state index contributed by atoms with van der Waals surface area (Å²) in [7, 11) is 0. The van der Waals surface area contributed by atoms with Crippen molar-refractivity contribution in [1.82, 2.24) is 14.9 Å². The largest absolute Gasteiger partial charge is 0.508 e. The summed E-state index contributed by atoms with van der Waals surface area (Å²) in [5.74, 6) is -0.0409. The van der Waals surface area contributed by atoms with Gasteiger partial charge in [0.1, 0.15) is 5.75 Å². The van der Waals surface area contributed by atoms with Crippen molar-refractivity contribution in [3.8, 4) is 5.75 Å². The Morgan fingerprint density at radius 1 is 1.50 bits per heavy atom. The number of phenolic OH excluding ortho intramolecular Hbond substituents is 1. The van der Waals surface area contributed by atoms with Crippen molar-refractivity contribution in [2.24, 2.45) is 0 Å². The Labute approximate surface area is 105 Å². The van der Waals surface area contributed by atoms with E-state index < -0.39 is 0 Å². The second kappa shape index (κ2) is 5.35. The number of imidazole rings is 1. The molecule has 0 aliphatic carbocycles. The third kappa shape index (κ3) is 2.68. The van der Waals surface area contributed by atoms with Crippen LogP contribution in [0.3, 0.4) is 0 Å². The number of carbonyl (C=O) groups is 1. The van der Waals surface area contributed by atoms with E-state index in [0.29, 0.717) is 24.2 Å². The first-order valence-corrected chi connectivity index (χ1v) is 5.71. The van der Waals surface area contributed by atoms with E-state index in [9.17, 15) is 9.90 Å². The predicted octanol–water partition coefficient (Wildman–Crippen LogP) is 1.33. The van der Waals surface area contributed by atoms with Crippen LogP contribution in [0.4, 0.5) is 0 Å². The van der Waals surface area contributed by atoms with Gasteiger partial charge < -0.3 is 15.0 Å². The lowest BCUT2D eigenvalue weighted by molar-refractivity contribution is 0.0951. The summed E-state index contributed by atoms with van der Waals surface area (Å²) < 4.78 is 1.88. The summed E-state index contributed by atoms with van der Waals surface area (Å²) in [5.41, 5.74) is 1.10. The number of hydrogen-bond donors (Lipinski definition) is 2. The van der Waals surface area contributed by atoms with Crippen LogP contribution in [0.5, 0.6) is 5.75 Å². The Morgan fingerprint density at radius 3 is 3.06 bits per heavy atom. The molecule has 0 saturated carbocycles. The molecular weight excluding hydrogens is 230 g/mol. The minimum absolute atomic E-state index is 0.136. The van der Waals surface area contributed by atoms with E-state index in [2.05, 4.69) is 10.3 Å². The molecule has 5 nitrogen and oxygen atoms in total. The molecule has 5 heteroatoms. The minimum atomic E-state index is -0.177. The number of benzene rings is 1. The Kier molecular flexibility index (Phi) is 3.62. The Balaban J connectivity index is 1.93. The van der Waals surface area contributed by atoms with Crippen LogP contribution in [0, 0.1) is 6.92 Å². The van der Waals surface area contributed by atoms with E-state index in [1.54, 1.807) is 37.6 Å². The molecule has 1 aromatic carbocycles. The van der Waals surface area contributed by atoms with Gasteiger partial charge in [0, 0.05) is 36.6 Å². The molecule has 1 amide bonds. The highest BCUT2D eigenvalue weighted by Crippen LogP contribution is 2.19. The van der Waals surface area contributed by atoms with Crippen molar-refractivity contribution in [2.45, 2.75) is 13.5 Å². The van der Waals surface area contributed by atoms with Crippen molar-refractivity contribution in [3.05, 3.63) is 48.0 Å². The molecule has 0 aliphatic rings. The topological polar surface area (TPSA) is 67.2 Å². The summed E-state index contributed by atoms with van der Waals surface area (Å²) >= 11 is 0. The van der Waals surface area contributed by atoms with Crippen LogP contribution in [0.1, 0.15) is 15.9 Å². The summed E-state index contributed by atoms with van der Waals surface area (Å²) in [5, 5.41) is 12.3. The van der Waals surface area contributed by atoms with Crippen LogP contribution in [0.2, 0.25) is 0 Å². The molecule has 0 spiro atoms. The molecule has 0 aliphatic heterocycles. The monoisotopic (exact) mass is 245 g/mol. The summed E-state index contributed by atoms with van der Waals surface area (Å²) in [6.45, 7) is 2.91. The Hall–Kier alpha value is -2.30. The number of rotatable bonds is 4. The third-order valence-corrected chi connectivity index (χ3v) is 2.76. The summed E-state index contributed by atoms with van der Waals surface area (Å²) in [6.07, 6.45) is 5.23. The van der Waals surface area contributed by atoms with E-state index in [4.69, 9.17) is 0 Å². The molecule has 1 aromatic heterocycles. The average Bonchev–Trinajstić information content (AvgIpc) is 2.85. The predicted molar refractivity (Wildman–Crippen MR) is 67.4 cm³/mol. The maximum Gasteiger partial charge on any atom is 0.251 e. The van der Waals surface area contributed by atoms with Gasteiger partial charge in [0.2, 0.25) is 0 Å². The van der Waals surface area contributed by atoms with Gasteiger partial charge in [-0.25, -0.2) is 4.98 Å². The van der Waals surface area contributed by atoms with Gasteiger partial charge in [0.05, 0.1) is 6.33 Å². The summed E-state index contributed by atoms with van der Waals surface area (Å²) in [4.78, 5) is 15.8. The van der Waals surface area contributed by atoms with E-state index in [1.807, 2.05) is 10.8 Å². The third-order valence-electron chi connectivity index (χ3n) is 2.76. The van der Waals surface area contributed by atoms with Crippen molar-refractivity contribution >= 4 is 5.91 Å². The quantitative estimate of drug-likeness (QED) is 0.853. The first-order valence-electron chi connectivity index (χ1n) is 5.71. The highest BCUT2D eigenvalue weighted by atomic mass is 16.3. The van der Waals surface area contributed by atoms with Gasteiger partial charge in [0.15, 0.2) is 0 Å². The first-order chi connectivity index (χ1) is 8.68. The van der Waals surface area contributed by atoms with E-state index in [0.717, 1.165) is 0 Å². The molecule has 0 atom stereocenters. The number of nitrogens with one attached hydrogen (secondary N) is 1. The van der Waals surface area contributed by atoms with Crippen LogP contribution in [0.25, 0.3) is 0 Å². The van der Waals surface area contributed by atoms with E-state index >= 15 is 0 Å². The molecular formula is C13H15N3O2. The molecule has 0 unspecified atom stereocenters. The smallest absolute Gasteiger partial charge is 0.251 e. The van der Waals surface area contributed by atoms with Crippen molar-refractivity contribution in [1.29, 1.82) is 0 Å². The van der Waals surface area contributed by atoms with Gasteiger partial charge in [-0.15, -0.1) is 0 Å². The van der Waals surface area contributed by atoms with Crippen LogP contribution in [0.15, 0.2) is 36.9 Å². The lowest BCUT2D eigenvalue weighted by Crippen LogP contribution is -2.27. The van der Waals surface area contributed by atoms with Crippen molar-refractivity contribution < 1.29 is 9.90 Å². The van der Waals surface area contributed by atoms with Crippen molar-refractivity contribution in [3.63, 3.8) is 0 Å². The van der Waals surface area contributed by atoms with Gasteiger partial charge in [0.25, 0.3) is 5.91 Å². The Morgan fingerprint density at radius 2 is 2.33 bits per heavy atom. The number of hydrogen-bond acceptors (Lipinski definition) is 3. The van der Waals surface area contributed by atoms with Crippen LogP contribution < -0.4 is 5.32 Å². The zero-order chi connectivity index (χ0) is 13.0. The highest BCUT2D eigenvalue weighted by molar-refractivity contribution is 5.96. The number of carbonyl (C=O) groups excluding carboxylic acids is 1. The molecule has 1 heterocycles. The number of nitrogens with zero attached hydrogens (tertiary/aromatic N) is 2. The van der Waals surface area contributed by atoms with E-state index in [-0.39, 0.29) is 11.7 Å². The second-order valence-corrected chi connectivity index (χ2v) is 4.01. The fourth-order valence-corrected chi connectivity index (χ4v) is 1.68. The maximum absolute atomic E-state index is 11.9. The maximum atomic E-state index is 11.9. The first kappa shape index (κ1) is 12.2. The number of amides is 1. The molecule has 2 aromatic rings.